The number of hydrogen-bond acceptors (Lipinski definition) is 11. The fourth-order valence-corrected chi connectivity index (χ4v) is 6.27. The number of aliphatic hydroxyl groups is 1. The van der Waals surface area contributed by atoms with Crippen LogP contribution in [0.15, 0.2) is 40.3 Å². The Bertz CT molecular complexity index is 1170. The Morgan fingerprint density at radius 1 is 1.14 bits per heavy atom. The molecular weight excluding hydrogens is 480 g/mol. The van der Waals surface area contributed by atoms with E-state index < -0.39 is 36.0 Å². The number of nitrogens with one attached hydrogen (secondary N) is 1. The van der Waals surface area contributed by atoms with Crippen molar-refractivity contribution in [1.29, 1.82) is 0 Å². The molecule has 37 heavy (non-hydrogen) atoms. The molecule has 0 saturated carbocycles. The van der Waals surface area contributed by atoms with Crippen LogP contribution in [0.3, 0.4) is 0 Å². The standard InChI is InChI=1S/C24H30N8O5/c25-21-28-19-15(11-31-17(33)6-7-18(31)34)27-22(26)32-12-16(20(35)24(19,32)29-21)37-23(36)30-9-8-14(10-30)13-4-2-1-3-5-13/h1-5,14-16,19-20,35H,6-12H2,(H2,26,27)(H3,25,28,29)/t14?,15-,16-,19?,20?,24?/m0/s1. The molecule has 5 heterocycles. The van der Waals surface area contributed by atoms with Crippen LogP contribution < -0.4 is 16.8 Å². The molecule has 3 amide bonds. The van der Waals surface area contributed by atoms with Gasteiger partial charge < -0.3 is 36.4 Å². The summed E-state index contributed by atoms with van der Waals surface area (Å²) in [5, 5.41) is 14.5. The van der Waals surface area contributed by atoms with Crippen molar-refractivity contribution in [2.24, 2.45) is 21.5 Å². The molecule has 5 aliphatic heterocycles. The van der Waals surface area contributed by atoms with Gasteiger partial charge in [0, 0.05) is 31.8 Å². The van der Waals surface area contributed by atoms with Gasteiger partial charge in [-0.3, -0.25) is 14.5 Å². The van der Waals surface area contributed by atoms with E-state index in [1.54, 1.807) is 9.80 Å². The Balaban J connectivity index is 1.19. The lowest BCUT2D eigenvalue weighted by molar-refractivity contribution is -0.139. The molecule has 0 aromatic heterocycles. The largest absolute Gasteiger partial charge is 0.441 e. The maximum atomic E-state index is 13.1. The molecule has 0 radical (unpaired) electrons. The fraction of sp³-hybridized carbons (Fsp3) is 0.542. The first-order valence-electron chi connectivity index (χ1n) is 12.5. The van der Waals surface area contributed by atoms with Crippen LogP contribution in [0.1, 0.15) is 30.7 Å². The van der Waals surface area contributed by atoms with Gasteiger partial charge in [0.15, 0.2) is 23.7 Å². The van der Waals surface area contributed by atoms with Crippen molar-refractivity contribution in [3.63, 3.8) is 0 Å². The van der Waals surface area contributed by atoms with Crippen molar-refractivity contribution < 1.29 is 24.2 Å². The van der Waals surface area contributed by atoms with E-state index in [1.165, 1.54) is 5.56 Å². The third-order valence-corrected chi connectivity index (χ3v) is 8.10. The molecular formula is C24H30N8O5. The highest BCUT2D eigenvalue weighted by molar-refractivity contribution is 6.02. The number of nitrogens with zero attached hydrogens (tertiary/aromatic N) is 5. The lowest BCUT2D eigenvalue weighted by atomic mass is 9.88. The molecule has 0 bridgehead atoms. The van der Waals surface area contributed by atoms with Gasteiger partial charge in [-0.1, -0.05) is 30.3 Å². The van der Waals surface area contributed by atoms with Gasteiger partial charge in [-0.25, -0.2) is 14.8 Å². The van der Waals surface area contributed by atoms with Crippen LogP contribution in [-0.4, -0.2) is 106 Å². The summed E-state index contributed by atoms with van der Waals surface area (Å²) < 4.78 is 5.81. The van der Waals surface area contributed by atoms with Gasteiger partial charge in [0.1, 0.15) is 12.1 Å². The Labute approximate surface area is 213 Å². The number of hydrogen-bond donors (Lipinski definition) is 4. The van der Waals surface area contributed by atoms with Crippen LogP contribution in [0, 0.1) is 0 Å². The highest BCUT2D eigenvalue weighted by Crippen LogP contribution is 2.41. The van der Waals surface area contributed by atoms with Crippen molar-refractivity contribution in [2.75, 3.05) is 26.2 Å². The highest BCUT2D eigenvalue weighted by atomic mass is 16.6. The summed E-state index contributed by atoms with van der Waals surface area (Å²) in [6.07, 6.45) is -1.56. The Morgan fingerprint density at radius 3 is 2.59 bits per heavy atom. The number of aliphatic hydroxyl groups excluding tert-OH is 1. The first-order chi connectivity index (χ1) is 17.8. The van der Waals surface area contributed by atoms with Crippen LogP contribution in [0.2, 0.25) is 0 Å². The first kappa shape index (κ1) is 23.5. The number of benzene rings is 1. The minimum absolute atomic E-state index is 0.0249. The fourth-order valence-electron chi connectivity index (χ4n) is 6.27. The Hall–Kier alpha value is -3.87. The molecule has 1 spiro atoms. The van der Waals surface area contributed by atoms with Gasteiger partial charge in [0.05, 0.1) is 19.1 Å². The number of aliphatic imine (C=N–C) groups is 2. The molecule has 0 aliphatic carbocycles. The molecule has 6 rings (SSSR count). The summed E-state index contributed by atoms with van der Waals surface area (Å²) in [5.74, 6) is -0.186. The number of carbonyl (C=O) groups is 3. The van der Waals surface area contributed by atoms with E-state index in [4.69, 9.17) is 16.2 Å². The minimum atomic E-state index is -1.31. The zero-order valence-electron chi connectivity index (χ0n) is 20.2. The lowest BCUT2D eigenvalue weighted by Crippen LogP contribution is -2.73. The molecule has 13 heteroatoms. The van der Waals surface area contributed by atoms with Crippen molar-refractivity contribution in [3.8, 4) is 0 Å². The second-order valence-electron chi connectivity index (χ2n) is 10.2. The van der Waals surface area contributed by atoms with Crippen LogP contribution in [0.4, 0.5) is 4.79 Å². The number of imide groups is 1. The number of guanidine groups is 2. The molecule has 6 atom stereocenters. The summed E-state index contributed by atoms with van der Waals surface area (Å²) in [6.45, 7) is 1.14. The monoisotopic (exact) mass is 510 g/mol. The van der Waals surface area contributed by atoms with Gasteiger partial charge in [-0.05, 0) is 12.0 Å². The van der Waals surface area contributed by atoms with Gasteiger partial charge in [-0.2, -0.15) is 0 Å². The van der Waals surface area contributed by atoms with Gasteiger partial charge in [0.25, 0.3) is 0 Å². The van der Waals surface area contributed by atoms with Crippen molar-refractivity contribution in [2.45, 2.75) is 55.1 Å². The topological polar surface area (TPSA) is 179 Å². The van der Waals surface area contributed by atoms with Gasteiger partial charge in [-0.15, -0.1) is 0 Å². The van der Waals surface area contributed by atoms with E-state index in [9.17, 15) is 19.5 Å². The Kier molecular flexibility index (Phi) is 5.48. The first-order valence-corrected chi connectivity index (χ1v) is 12.5. The predicted molar refractivity (Wildman–Crippen MR) is 131 cm³/mol. The molecule has 1 aromatic rings. The van der Waals surface area contributed by atoms with E-state index in [0.717, 1.165) is 11.3 Å². The smallest absolute Gasteiger partial charge is 0.410 e. The van der Waals surface area contributed by atoms with Crippen molar-refractivity contribution in [1.82, 2.24) is 20.0 Å². The maximum Gasteiger partial charge on any atom is 0.410 e. The number of ether oxygens (including phenoxy) is 1. The summed E-state index contributed by atoms with van der Waals surface area (Å²) in [5.41, 5.74) is 12.2. The van der Waals surface area contributed by atoms with Gasteiger partial charge >= 0.3 is 6.09 Å². The predicted octanol–water partition coefficient (Wildman–Crippen LogP) is -1.51. The van der Waals surface area contributed by atoms with Crippen LogP contribution in [0.25, 0.3) is 0 Å². The van der Waals surface area contributed by atoms with E-state index in [2.05, 4.69) is 27.4 Å². The molecule has 13 nitrogen and oxygen atoms in total. The normalized spacial score (nSPS) is 34.7. The molecule has 196 valence electrons. The molecule has 5 aliphatic rings. The quantitative estimate of drug-likeness (QED) is 0.350. The summed E-state index contributed by atoms with van der Waals surface area (Å²) in [7, 11) is 0. The lowest BCUT2D eigenvalue weighted by Gasteiger charge is -2.46. The second-order valence-corrected chi connectivity index (χ2v) is 10.2. The van der Waals surface area contributed by atoms with Crippen LogP contribution >= 0.6 is 0 Å². The third kappa shape index (κ3) is 3.67. The number of nitrogens with two attached hydrogens (primary N) is 2. The van der Waals surface area contributed by atoms with Crippen molar-refractivity contribution >= 4 is 29.8 Å². The van der Waals surface area contributed by atoms with E-state index >= 15 is 0 Å². The van der Waals surface area contributed by atoms with E-state index in [1.807, 2.05) is 18.2 Å². The molecule has 6 N–H and O–H groups in total. The molecule has 3 saturated heterocycles. The molecule has 1 aromatic carbocycles. The zero-order chi connectivity index (χ0) is 25.9. The second kappa shape index (κ2) is 8.61. The number of rotatable bonds is 4. The summed E-state index contributed by atoms with van der Waals surface area (Å²) in [4.78, 5) is 50.9. The zero-order valence-corrected chi connectivity index (χ0v) is 20.2. The summed E-state index contributed by atoms with van der Waals surface area (Å²) >= 11 is 0. The Morgan fingerprint density at radius 2 is 1.86 bits per heavy atom. The van der Waals surface area contributed by atoms with Crippen molar-refractivity contribution in [3.05, 3.63) is 35.9 Å². The third-order valence-electron chi connectivity index (χ3n) is 8.10. The van der Waals surface area contributed by atoms with E-state index in [0.29, 0.717) is 13.1 Å². The summed E-state index contributed by atoms with van der Waals surface area (Å²) in [6, 6.07) is 8.55. The van der Waals surface area contributed by atoms with E-state index in [-0.39, 0.29) is 55.6 Å². The number of likely N-dealkylation sites (tertiary alicyclic amines) is 2. The molecule has 4 unspecified atom stereocenters. The van der Waals surface area contributed by atoms with Crippen LogP contribution in [0.5, 0.6) is 0 Å². The maximum absolute atomic E-state index is 13.1. The molecule has 3 fully saturated rings. The van der Waals surface area contributed by atoms with Gasteiger partial charge in [0.2, 0.25) is 11.8 Å². The number of carbonyl (C=O) groups excluding carboxylic acids is 3. The number of amides is 3. The minimum Gasteiger partial charge on any atom is -0.441 e. The van der Waals surface area contributed by atoms with Crippen LogP contribution in [-0.2, 0) is 14.3 Å². The average Bonchev–Trinajstić information content (AvgIpc) is 3.64. The highest BCUT2D eigenvalue weighted by Gasteiger charge is 2.66. The SMILES string of the molecule is NC1=NC2[C@H](CN3C(=O)CCC3=O)N=C(N)N3C[C@H](OC(=O)N4CCC(c5ccccc5)C4)C(O)C23N1. The average molecular weight is 511 g/mol.